The van der Waals surface area contributed by atoms with Crippen LogP contribution in [0, 0.1) is 0 Å². The summed E-state index contributed by atoms with van der Waals surface area (Å²) in [5.74, 6) is 0.113. The summed E-state index contributed by atoms with van der Waals surface area (Å²) < 4.78 is 24.9. The second-order valence-electron chi connectivity index (χ2n) is 4.58. The molecule has 1 unspecified atom stereocenters. The molecule has 0 spiro atoms. The van der Waals surface area contributed by atoms with Crippen molar-refractivity contribution in [2.75, 3.05) is 18.6 Å². The van der Waals surface area contributed by atoms with Crippen molar-refractivity contribution in [2.24, 2.45) is 0 Å². The summed E-state index contributed by atoms with van der Waals surface area (Å²) in [4.78, 5) is 0. The molecule has 0 saturated heterocycles. The van der Waals surface area contributed by atoms with Gasteiger partial charge in [0.1, 0.15) is 9.84 Å². The Morgan fingerprint density at radius 3 is 2.67 bits per heavy atom. The molecule has 0 saturated carbocycles. The van der Waals surface area contributed by atoms with E-state index >= 15 is 0 Å². The Morgan fingerprint density at radius 2 is 2.11 bits per heavy atom. The lowest BCUT2D eigenvalue weighted by Gasteiger charge is -2.19. The van der Waals surface area contributed by atoms with Crippen LogP contribution in [0.25, 0.3) is 0 Å². The zero-order valence-corrected chi connectivity index (χ0v) is 12.2. The zero-order chi connectivity index (χ0) is 13.6. The van der Waals surface area contributed by atoms with Gasteiger partial charge >= 0.3 is 0 Å². The monoisotopic (exact) mass is 273 g/mol. The lowest BCUT2D eigenvalue weighted by molar-refractivity contribution is 0.490. The van der Waals surface area contributed by atoms with Gasteiger partial charge in [-0.3, -0.25) is 4.68 Å². The Bertz CT molecular complexity index is 454. The van der Waals surface area contributed by atoms with Gasteiger partial charge in [-0.1, -0.05) is 13.8 Å². The van der Waals surface area contributed by atoms with Crippen molar-refractivity contribution in [3.8, 4) is 0 Å². The third-order valence-corrected chi connectivity index (χ3v) is 3.59. The smallest absolute Gasteiger partial charge is 0.149 e. The van der Waals surface area contributed by atoms with E-state index in [1.165, 1.54) is 6.26 Å². The van der Waals surface area contributed by atoms with E-state index in [0.717, 1.165) is 31.6 Å². The zero-order valence-electron chi connectivity index (χ0n) is 11.4. The molecule has 1 N–H and O–H groups in total. The Balaban J connectivity index is 2.89. The first-order chi connectivity index (χ1) is 8.48. The molecule has 1 atom stereocenters. The highest BCUT2D eigenvalue weighted by Crippen LogP contribution is 2.15. The first kappa shape index (κ1) is 15.2. The van der Waals surface area contributed by atoms with Crippen LogP contribution in [0.2, 0.25) is 0 Å². The number of hydrogen-bond acceptors (Lipinski definition) is 4. The number of sulfone groups is 1. The first-order valence-corrected chi connectivity index (χ1v) is 8.46. The molecular weight excluding hydrogens is 250 g/mol. The van der Waals surface area contributed by atoms with Crippen molar-refractivity contribution < 1.29 is 8.42 Å². The van der Waals surface area contributed by atoms with E-state index < -0.39 is 9.84 Å². The number of aryl methyl sites for hydroxylation is 1. The van der Waals surface area contributed by atoms with Gasteiger partial charge in [-0.2, -0.15) is 5.10 Å². The molecule has 0 fully saturated rings. The fourth-order valence-electron chi connectivity index (χ4n) is 1.91. The number of nitrogens with one attached hydrogen (secondary N) is 1. The molecule has 5 nitrogen and oxygen atoms in total. The SMILES string of the molecule is CCCNC(CS(C)(=O)=O)c1ccnn1CCC. The molecule has 0 amide bonds. The van der Waals surface area contributed by atoms with Crippen molar-refractivity contribution >= 4 is 9.84 Å². The molecule has 0 bridgehead atoms. The van der Waals surface area contributed by atoms with Crippen LogP contribution in [-0.4, -0.2) is 36.8 Å². The van der Waals surface area contributed by atoms with E-state index in [9.17, 15) is 8.42 Å². The number of nitrogens with zero attached hydrogens (tertiary/aromatic N) is 2. The molecule has 0 radical (unpaired) electrons. The highest BCUT2D eigenvalue weighted by Gasteiger charge is 2.20. The third kappa shape index (κ3) is 4.78. The molecule has 1 aromatic rings. The van der Waals surface area contributed by atoms with Gasteiger partial charge in [0.15, 0.2) is 0 Å². The minimum absolute atomic E-state index is 0.113. The largest absolute Gasteiger partial charge is 0.308 e. The van der Waals surface area contributed by atoms with Gasteiger partial charge in [0.25, 0.3) is 0 Å². The van der Waals surface area contributed by atoms with Gasteiger partial charge in [0, 0.05) is 19.0 Å². The maximum absolute atomic E-state index is 11.5. The molecule has 104 valence electrons. The molecule has 0 aliphatic heterocycles. The van der Waals surface area contributed by atoms with Crippen molar-refractivity contribution in [3.63, 3.8) is 0 Å². The standard InChI is InChI=1S/C12H23N3O2S/c1-4-7-13-11(10-18(3,16)17)12-6-8-14-15(12)9-5-2/h6,8,11,13H,4-5,7,9-10H2,1-3H3. The quantitative estimate of drug-likeness (QED) is 0.777. The second-order valence-corrected chi connectivity index (χ2v) is 6.76. The summed E-state index contributed by atoms with van der Waals surface area (Å²) >= 11 is 0. The predicted octanol–water partition coefficient (Wildman–Crippen LogP) is 1.38. The summed E-state index contributed by atoms with van der Waals surface area (Å²) in [6.45, 7) is 5.76. The van der Waals surface area contributed by atoms with E-state index in [2.05, 4.69) is 24.3 Å². The van der Waals surface area contributed by atoms with Crippen LogP contribution in [0.4, 0.5) is 0 Å². The molecule has 0 aliphatic rings. The van der Waals surface area contributed by atoms with Crippen LogP contribution in [0.5, 0.6) is 0 Å². The molecule has 1 aromatic heterocycles. The van der Waals surface area contributed by atoms with Gasteiger partial charge < -0.3 is 5.32 Å². The predicted molar refractivity (Wildman–Crippen MR) is 73.3 cm³/mol. The minimum Gasteiger partial charge on any atom is -0.308 e. The molecule has 1 rings (SSSR count). The van der Waals surface area contributed by atoms with E-state index in [0.29, 0.717) is 0 Å². The van der Waals surface area contributed by atoms with E-state index in [-0.39, 0.29) is 11.8 Å². The average molecular weight is 273 g/mol. The number of aromatic nitrogens is 2. The highest BCUT2D eigenvalue weighted by atomic mass is 32.2. The topological polar surface area (TPSA) is 64.0 Å². The molecule has 6 heteroatoms. The molecule has 0 aliphatic carbocycles. The Morgan fingerprint density at radius 1 is 1.39 bits per heavy atom. The summed E-state index contributed by atoms with van der Waals surface area (Å²) in [5, 5.41) is 7.53. The minimum atomic E-state index is -3.02. The van der Waals surface area contributed by atoms with Crippen molar-refractivity contribution in [3.05, 3.63) is 18.0 Å². The number of rotatable bonds is 8. The Hall–Kier alpha value is -0.880. The third-order valence-electron chi connectivity index (χ3n) is 2.65. The fraction of sp³-hybridized carbons (Fsp3) is 0.750. The summed E-state index contributed by atoms with van der Waals surface area (Å²) in [6.07, 6.45) is 4.96. The maximum atomic E-state index is 11.5. The Kier molecular flexibility index (Phi) is 5.81. The lowest BCUT2D eigenvalue weighted by Crippen LogP contribution is -2.30. The van der Waals surface area contributed by atoms with Crippen molar-refractivity contribution in [2.45, 2.75) is 39.3 Å². The highest BCUT2D eigenvalue weighted by molar-refractivity contribution is 7.90. The van der Waals surface area contributed by atoms with Crippen LogP contribution in [0.1, 0.15) is 38.4 Å². The van der Waals surface area contributed by atoms with Crippen molar-refractivity contribution in [1.29, 1.82) is 0 Å². The van der Waals surface area contributed by atoms with E-state index in [1.54, 1.807) is 6.20 Å². The van der Waals surface area contributed by atoms with Crippen LogP contribution in [0.3, 0.4) is 0 Å². The fourth-order valence-corrected chi connectivity index (χ4v) is 2.80. The van der Waals surface area contributed by atoms with Crippen LogP contribution >= 0.6 is 0 Å². The van der Waals surface area contributed by atoms with Crippen LogP contribution < -0.4 is 5.32 Å². The van der Waals surface area contributed by atoms with Crippen molar-refractivity contribution in [1.82, 2.24) is 15.1 Å². The molecule has 0 aromatic carbocycles. The van der Waals surface area contributed by atoms with Crippen LogP contribution in [0.15, 0.2) is 12.3 Å². The normalized spacial score (nSPS) is 13.7. The average Bonchev–Trinajstić information content (AvgIpc) is 2.71. The maximum Gasteiger partial charge on any atom is 0.149 e. The van der Waals surface area contributed by atoms with Crippen LogP contribution in [-0.2, 0) is 16.4 Å². The lowest BCUT2D eigenvalue weighted by atomic mass is 10.2. The van der Waals surface area contributed by atoms with E-state index in [1.807, 2.05) is 10.7 Å². The van der Waals surface area contributed by atoms with Gasteiger partial charge in [0.05, 0.1) is 17.5 Å². The molecule has 1 heterocycles. The van der Waals surface area contributed by atoms with E-state index in [4.69, 9.17) is 0 Å². The second kappa shape index (κ2) is 6.89. The van der Waals surface area contributed by atoms with Gasteiger partial charge in [-0.05, 0) is 25.5 Å². The summed E-state index contributed by atoms with van der Waals surface area (Å²) in [5.41, 5.74) is 0.954. The Labute approximate surface area is 109 Å². The summed E-state index contributed by atoms with van der Waals surface area (Å²) in [7, 11) is -3.02. The number of hydrogen-bond donors (Lipinski definition) is 1. The molecular formula is C12H23N3O2S. The summed E-state index contributed by atoms with van der Waals surface area (Å²) in [6, 6.07) is 1.72. The first-order valence-electron chi connectivity index (χ1n) is 6.40. The van der Waals surface area contributed by atoms with Gasteiger partial charge in [-0.25, -0.2) is 8.42 Å². The van der Waals surface area contributed by atoms with Gasteiger partial charge in [0.2, 0.25) is 0 Å². The molecule has 18 heavy (non-hydrogen) atoms. The van der Waals surface area contributed by atoms with Gasteiger partial charge in [-0.15, -0.1) is 0 Å².